The Kier molecular flexibility index (Phi) is 5.78. The normalized spacial score (nSPS) is 10.2. The summed E-state index contributed by atoms with van der Waals surface area (Å²) in [5.74, 6) is 0.285. The molecule has 0 bridgehead atoms. The molecule has 0 atom stereocenters. The van der Waals surface area contributed by atoms with Gasteiger partial charge in [-0.05, 0) is 42.0 Å². The number of hydrogen-bond acceptors (Lipinski definition) is 3. The predicted molar refractivity (Wildman–Crippen MR) is 88.3 cm³/mol. The summed E-state index contributed by atoms with van der Waals surface area (Å²) < 4.78 is 7.10. The number of hydrogen-bond donors (Lipinski definition) is 2. The molecule has 0 radical (unpaired) electrons. The minimum absolute atomic E-state index is 0.0952. The molecule has 21 heavy (non-hydrogen) atoms. The molecule has 0 saturated carbocycles. The van der Waals surface area contributed by atoms with Crippen molar-refractivity contribution in [3.8, 4) is 5.75 Å². The number of nitrogens with one attached hydrogen (secondary N) is 1. The lowest BCUT2D eigenvalue weighted by Gasteiger charge is -2.09. The van der Waals surface area contributed by atoms with Crippen LogP contribution in [0, 0.1) is 0 Å². The monoisotopic (exact) mass is 413 g/mol. The minimum atomic E-state index is -0.249. The summed E-state index contributed by atoms with van der Waals surface area (Å²) >= 11 is 6.66. The molecule has 0 unspecified atom stereocenters. The predicted octanol–water partition coefficient (Wildman–Crippen LogP) is 3.72. The molecule has 0 aliphatic carbocycles. The fourth-order valence-corrected chi connectivity index (χ4v) is 2.45. The quantitative estimate of drug-likeness (QED) is 0.783. The van der Waals surface area contributed by atoms with E-state index in [9.17, 15) is 9.90 Å². The van der Waals surface area contributed by atoms with E-state index in [1.54, 1.807) is 30.3 Å². The maximum atomic E-state index is 11.8. The van der Waals surface area contributed by atoms with E-state index in [0.29, 0.717) is 17.0 Å². The number of halogens is 2. The van der Waals surface area contributed by atoms with E-state index in [4.69, 9.17) is 4.74 Å². The van der Waals surface area contributed by atoms with Crippen molar-refractivity contribution in [3.05, 3.63) is 57.0 Å². The highest BCUT2D eigenvalue weighted by atomic mass is 79.9. The second-order valence-electron chi connectivity index (χ2n) is 4.26. The van der Waals surface area contributed by atoms with Crippen molar-refractivity contribution < 1.29 is 14.6 Å². The van der Waals surface area contributed by atoms with E-state index in [-0.39, 0.29) is 19.1 Å². The molecule has 110 valence electrons. The van der Waals surface area contributed by atoms with Gasteiger partial charge in [0, 0.05) is 14.6 Å². The van der Waals surface area contributed by atoms with Crippen molar-refractivity contribution in [2.45, 2.75) is 6.61 Å². The van der Waals surface area contributed by atoms with E-state index in [1.165, 1.54) is 0 Å². The highest BCUT2D eigenvalue weighted by molar-refractivity contribution is 9.10. The molecule has 1 amide bonds. The van der Waals surface area contributed by atoms with Gasteiger partial charge in [-0.25, -0.2) is 0 Å². The maximum absolute atomic E-state index is 11.8. The molecular formula is C15H13Br2NO3. The summed E-state index contributed by atoms with van der Waals surface area (Å²) in [7, 11) is 0. The number of aliphatic hydroxyl groups is 1. The maximum Gasteiger partial charge on any atom is 0.262 e. The summed E-state index contributed by atoms with van der Waals surface area (Å²) in [6.45, 7) is -0.193. The summed E-state index contributed by atoms with van der Waals surface area (Å²) in [5.41, 5.74) is 1.41. The van der Waals surface area contributed by atoms with Crippen LogP contribution in [0.25, 0.3) is 0 Å². The molecular weight excluding hydrogens is 402 g/mol. The molecule has 6 heteroatoms. The Hall–Kier alpha value is -1.37. The highest BCUT2D eigenvalue weighted by Crippen LogP contribution is 2.22. The van der Waals surface area contributed by atoms with Gasteiger partial charge < -0.3 is 15.2 Å². The highest BCUT2D eigenvalue weighted by Gasteiger charge is 2.06. The number of anilines is 1. The van der Waals surface area contributed by atoms with Crippen molar-refractivity contribution in [1.82, 2.24) is 0 Å². The first-order valence-corrected chi connectivity index (χ1v) is 7.74. The molecule has 0 spiro atoms. The fraction of sp³-hybridized carbons (Fsp3) is 0.133. The van der Waals surface area contributed by atoms with E-state index in [2.05, 4.69) is 37.2 Å². The third kappa shape index (κ3) is 4.84. The first-order valence-electron chi connectivity index (χ1n) is 6.16. The molecule has 0 heterocycles. The molecule has 0 saturated heterocycles. The Morgan fingerprint density at radius 1 is 1.19 bits per heavy atom. The van der Waals surface area contributed by atoms with Crippen LogP contribution in [0.2, 0.25) is 0 Å². The van der Waals surface area contributed by atoms with Crippen molar-refractivity contribution in [1.29, 1.82) is 0 Å². The van der Waals surface area contributed by atoms with E-state index < -0.39 is 0 Å². The zero-order valence-electron chi connectivity index (χ0n) is 11.0. The molecule has 0 fully saturated rings. The summed E-state index contributed by atoms with van der Waals surface area (Å²) in [4.78, 5) is 11.8. The third-order valence-electron chi connectivity index (χ3n) is 2.67. The fourth-order valence-electron chi connectivity index (χ4n) is 1.67. The van der Waals surface area contributed by atoms with E-state index in [1.807, 2.05) is 12.1 Å². The zero-order chi connectivity index (χ0) is 15.2. The SMILES string of the molecule is O=C(COc1ccc(Br)c(CO)c1)Nc1cccc(Br)c1. The molecule has 4 nitrogen and oxygen atoms in total. The number of carbonyl (C=O) groups is 1. The van der Waals surface area contributed by atoms with Gasteiger partial charge in [0.1, 0.15) is 5.75 Å². The van der Waals surface area contributed by atoms with Crippen molar-refractivity contribution in [2.24, 2.45) is 0 Å². The van der Waals surface area contributed by atoms with Crippen LogP contribution in [0.3, 0.4) is 0 Å². The lowest BCUT2D eigenvalue weighted by atomic mass is 10.2. The molecule has 2 aromatic carbocycles. The Morgan fingerprint density at radius 2 is 2.00 bits per heavy atom. The van der Waals surface area contributed by atoms with Crippen LogP contribution < -0.4 is 10.1 Å². The van der Waals surface area contributed by atoms with Gasteiger partial charge in [0.2, 0.25) is 0 Å². The van der Waals surface area contributed by atoms with Crippen molar-refractivity contribution in [2.75, 3.05) is 11.9 Å². The largest absolute Gasteiger partial charge is 0.484 e. The number of aliphatic hydroxyl groups excluding tert-OH is 1. The molecule has 2 aromatic rings. The van der Waals surface area contributed by atoms with Gasteiger partial charge in [0.25, 0.3) is 5.91 Å². The van der Waals surface area contributed by atoms with Gasteiger partial charge in [0.05, 0.1) is 6.61 Å². The Balaban J connectivity index is 1.92. The second kappa shape index (κ2) is 7.59. The van der Waals surface area contributed by atoms with E-state index in [0.717, 1.165) is 8.95 Å². The lowest BCUT2D eigenvalue weighted by Crippen LogP contribution is -2.20. The average Bonchev–Trinajstić information content (AvgIpc) is 2.46. The number of rotatable bonds is 5. The van der Waals surface area contributed by atoms with Gasteiger partial charge in [-0.3, -0.25) is 4.79 Å². The third-order valence-corrected chi connectivity index (χ3v) is 3.93. The molecule has 0 aliphatic heterocycles. The lowest BCUT2D eigenvalue weighted by molar-refractivity contribution is -0.118. The molecule has 0 aliphatic rings. The van der Waals surface area contributed by atoms with Crippen LogP contribution in [0.1, 0.15) is 5.56 Å². The van der Waals surface area contributed by atoms with E-state index >= 15 is 0 Å². The number of benzene rings is 2. The number of ether oxygens (including phenoxy) is 1. The standard InChI is InChI=1S/C15H13Br2NO3/c16-11-2-1-3-12(7-11)18-15(20)9-21-13-4-5-14(17)10(6-13)8-19/h1-7,19H,8-9H2,(H,18,20). The average molecular weight is 415 g/mol. The molecule has 2 N–H and O–H groups in total. The van der Waals surface area contributed by atoms with Gasteiger partial charge >= 0.3 is 0 Å². The zero-order valence-corrected chi connectivity index (χ0v) is 14.1. The van der Waals surface area contributed by atoms with Crippen LogP contribution in [0.5, 0.6) is 5.75 Å². The first-order chi connectivity index (χ1) is 10.1. The van der Waals surface area contributed by atoms with Crippen molar-refractivity contribution in [3.63, 3.8) is 0 Å². The minimum Gasteiger partial charge on any atom is -0.484 e. The van der Waals surface area contributed by atoms with Crippen LogP contribution >= 0.6 is 31.9 Å². The van der Waals surface area contributed by atoms with Gasteiger partial charge in [-0.15, -0.1) is 0 Å². The molecule has 2 rings (SSSR count). The van der Waals surface area contributed by atoms with Crippen LogP contribution in [0.15, 0.2) is 51.4 Å². The Labute approximate surface area is 139 Å². The first kappa shape index (κ1) is 16.0. The van der Waals surface area contributed by atoms with Gasteiger partial charge in [-0.2, -0.15) is 0 Å². The van der Waals surface area contributed by atoms with Gasteiger partial charge in [0.15, 0.2) is 6.61 Å². The topological polar surface area (TPSA) is 58.6 Å². The Morgan fingerprint density at radius 3 is 2.71 bits per heavy atom. The molecule has 0 aromatic heterocycles. The number of amides is 1. The summed E-state index contributed by atoms with van der Waals surface area (Å²) in [5, 5.41) is 11.9. The van der Waals surface area contributed by atoms with Gasteiger partial charge in [-0.1, -0.05) is 37.9 Å². The number of carbonyl (C=O) groups excluding carboxylic acids is 1. The van der Waals surface area contributed by atoms with Crippen LogP contribution in [-0.4, -0.2) is 17.6 Å². The Bertz CT molecular complexity index is 647. The second-order valence-corrected chi connectivity index (χ2v) is 6.03. The van der Waals surface area contributed by atoms with Crippen LogP contribution in [-0.2, 0) is 11.4 Å². The summed E-state index contributed by atoms with van der Waals surface area (Å²) in [6, 6.07) is 12.5. The smallest absolute Gasteiger partial charge is 0.262 e. The van der Waals surface area contributed by atoms with Crippen molar-refractivity contribution >= 4 is 43.5 Å². The van der Waals surface area contributed by atoms with Crippen LogP contribution in [0.4, 0.5) is 5.69 Å². The summed E-state index contributed by atoms with van der Waals surface area (Å²) in [6.07, 6.45) is 0.